The van der Waals surface area contributed by atoms with E-state index in [0.717, 1.165) is 18.4 Å². The van der Waals surface area contributed by atoms with E-state index in [2.05, 4.69) is 10.3 Å². The van der Waals surface area contributed by atoms with Crippen LogP contribution in [0.15, 0.2) is 30.3 Å². The quantitative estimate of drug-likeness (QED) is 0.582. The van der Waals surface area contributed by atoms with E-state index >= 15 is 0 Å². The van der Waals surface area contributed by atoms with Crippen LogP contribution in [-0.4, -0.2) is 66.2 Å². The average molecular weight is 437 g/mol. The van der Waals surface area contributed by atoms with Crippen molar-refractivity contribution in [1.82, 2.24) is 15.3 Å². The van der Waals surface area contributed by atoms with Gasteiger partial charge in [0.2, 0.25) is 10.0 Å². The Morgan fingerprint density at radius 1 is 1.20 bits per heavy atom. The number of hydrogen-bond acceptors (Lipinski definition) is 7. The Morgan fingerprint density at radius 3 is 2.33 bits per heavy atom. The normalized spacial score (nSPS) is 26.7. The number of amides is 1. The third-order valence-electron chi connectivity index (χ3n) is 6.52. The summed E-state index contributed by atoms with van der Waals surface area (Å²) in [6.07, 6.45) is 2.26. The van der Waals surface area contributed by atoms with Crippen molar-refractivity contribution < 1.29 is 22.7 Å². The van der Waals surface area contributed by atoms with Gasteiger partial charge in [-0.2, -0.15) is 0 Å². The molecule has 1 aromatic carbocycles. The highest BCUT2D eigenvalue weighted by atomic mass is 32.2. The number of nitrogens with two attached hydrogens (primary N) is 1. The monoisotopic (exact) mass is 436 g/mol. The van der Waals surface area contributed by atoms with Gasteiger partial charge in [0.15, 0.2) is 4.75 Å². The molecule has 2 heterocycles. The summed E-state index contributed by atoms with van der Waals surface area (Å²) in [7, 11) is -3.93. The molecule has 0 aromatic heterocycles. The van der Waals surface area contributed by atoms with Crippen molar-refractivity contribution in [3.05, 3.63) is 35.9 Å². The Kier molecular flexibility index (Phi) is 5.60. The summed E-state index contributed by atoms with van der Waals surface area (Å²) in [5.74, 6) is -0.812. The van der Waals surface area contributed by atoms with Gasteiger partial charge in [-0.05, 0) is 38.2 Å². The molecule has 4 rings (SSSR count). The summed E-state index contributed by atoms with van der Waals surface area (Å²) >= 11 is 0. The highest BCUT2D eigenvalue weighted by Gasteiger charge is 2.60. The van der Waals surface area contributed by atoms with Crippen molar-refractivity contribution in [2.45, 2.75) is 62.1 Å². The summed E-state index contributed by atoms with van der Waals surface area (Å²) in [6.45, 7) is 3.27. The fourth-order valence-corrected chi connectivity index (χ4v) is 5.38. The number of nitrogens with zero attached hydrogens (tertiary/aromatic N) is 2. The van der Waals surface area contributed by atoms with Crippen molar-refractivity contribution in [2.24, 2.45) is 5.14 Å². The standard InChI is InChI=1S/C20H28N4O5S/c1-14(18(25)29-13-15-5-3-2-4-6-15)23-11-16-7-8-17(12-23)24(16)22-19(26)20(9-10-20)30(21,27)28/h2-6,14,16-17H,7-13H2,1H3,(H,22,26)(H2,21,27,28)/t14?,16-,17+. The topological polar surface area (TPSA) is 122 Å². The van der Waals surface area contributed by atoms with E-state index in [1.807, 2.05) is 42.3 Å². The number of likely N-dealkylation sites (tertiary alicyclic amines) is 1. The highest BCUT2D eigenvalue weighted by molar-refractivity contribution is 7.91. The highest BCUT2D eigenvalue weighted by Crippen LogP contribution is 2.43. The fraction of sp³-hybridized carbons (Fsp3) is 0.600. The maximum atomic E-state index is 12.6. The third-order valence-corrected chi connectivity index (χ3v) is 8.20. The Morgan fingerprint density at radius 2 is 1.80 bits per heavy atom. The van der Waals surface area contributed by atoms with Gasteiger partial charge < -0.3 is 4.74 Å². The van der Waals surface area contributed by atoms with E-state index in [4.69, 9.17) is 9.88 Å². The van der Waals surface area contributed by atoms with E-state index in [9.17, 15) is 18.0 Å². The first-order chi connectivity index (χ1) is 14.2. The number of carbonyl (C=O) groups excluding carboxylic acids is 2. The fourth-order valence-electron chi connectivity index (χ4n) is 4.41. The number of fused-ring (bicyclic) bond motifs is 2. The predicted molar refractivity (Wildman–Crippen MR) is 109 cm³/mol. The Labute approximate surface area is 176 Å². The minimum absolute atomic E-state index is 0.0216. The Hall–Kier alpha value is -2.01. The minimum atomic E-state index is -3.93. The van der Waals surface area contributed by atoms with Gasteiger partial charge >= 0.3 is 5.97 Å². The number of primary sulfonamides is 1. The van der Waals surface area contributed by atoms with Crippen molar-refractivity contribution in [2.75, 3.05) is 13.1 Å². The first-order valence-electron chi connectivity index (χ1n) is 10.3. The smallest absolute Gasteiger partial charge is 0.323 e. The number of rotatable bonds is 7. The molecule has 2 bridgehead atoms. The molecule has 30 heavy (non-hydrogen) atoms. The molecule has 1 amide bonds. The zero-order chi connectivity index (χ0) is 21.5. The van der Waals surface area contributed by atoms with Gasteiger partial charge in [0, 0.05) is 25.2 Å². The predicted octanol–water partition coefficient (Wildman–Crippen LogP) is 0.119. The number of piperazine rings is 1. The minimum Gasteiger partial charge on any atom is -0.460 e. The second kappa shape index (κ2) is 7.92. The summed E-state index contributed by atoms with van der Waals surface area (Å²) in [4.78, 5) is 27.2. The average Bonchev–Trinajstić information content (AvgIpc) is 3.50. The molecule has 1 aromatic rings. The van der Waals surface area contributed by atoms with Crippen LogP contribution in [0.3, 0.4) is 0 Å². The SMILES string of the molecule is CC(C(=O)OCc1ccccc1)N1C[C@H]2CC[C@@H](C1)N2NC(=O)C1(S(N)(=O)=O)CC1. The molecular weight excluding hydrogens is 408 g/mol. The van der Waals surface area contributed by atoms with Crippen molar-refractivity contribution >= 4 is 21.9 Å². The number of carbonyl (C=O) groups is 2. The maximum Gasteiger partial charge on any atom is 0.323 e. The van der Waals surface area contributed by atoms with E-state index in [1.54, 1.807) is 0 Å². The molecule has 1 aliphatic carbocycles. The molecule has 0 radical (unpaired) electrons. The number of esters is 1. The Balaban J connectivity index is 1.33. The second-order valence-electron chi connectivity index (χ2n) is 8.50. The van der Waals surface area contributed by atoms with Gasteiger partial charge in [-0.1, -0.05) is 30.3 Å². The molecule has 1 saturated carbocycles. The van der Waals surface area contributed by atoms with Gasteiger partial charge in [-0.25, -0.2) is 18.6 Å². The van der Waals surface area contributed by atoms with Gasteiger partial charge in [-0.3, -0.25) is 19.9 Å². The molecule has 1 unspecified atom stereocenters. The molecular formula is C20H28N4O5S. The van der Waals surface area contributed by atoms with Crippen LogP contribution in [0.25, 0.3) is 0 Å². The van der Waals surface area contributed by atoms with Crippen LogP contribution >= 0.6 is 0 Å². The van der Waals surface area contributed by atoms with E-state index in [0.29, 0.717) is 13.1 Å². The van der Waals surface area contributed by atoms with Crippen LogP contribution in [0.5, 0.6) is 0 Å². The van der Waals surface area contributed by atoms with Crippen LogP contribution in [0.1, 0.15) is 38.2 Å². The molecule has 9 nitrogen and oxygen atoms in total. The second-order valence-corrected chi connectivity index (χ2v) is 10.4. The summed E-state index contributed by atoms with van der Waals surface area (Å²) in [5, 5.41) is 7.13. The number of hydrogen-bond donors (Lipinski definition) is 2. The lowest BCUT2D eigenvalue weighted by molar-refractivity contribution is -0.153. The van der Waals surface area contributed by atoms with Crippen molar-refractivity contribution in [1.29, 1.82) is 0 Å². The maximum absolute atomic E-state index is 12.6. The first kappa shape index (κ1) is 21.2. The van der Waals surface area contributed by atoms with E-state index < -0.39 is 26.7 Å². The lowest BCUT2D eigenvalue weighted by atomic mass is 10.1. The first-order valence-corrected chi connectivity index (χ1v) is 11.8. The summed E-state index contributed by atoms with van der Waals surface area (Å²) < 4.78 is 27.6. The number of nitrogens with one attached hydrogen (secondary N) is 1. The van der Waals surface area contributed by atoms with Crippen LogP contribution in [0.4, 0.5) is 0 Å². The van der Waals surface area contributed by atoms with Crippen LogP contribution < -0.4 is 10.6 Å². The van der Waals surface area contributed by atoms with Gasteiger partial charge in [0.05, 0.1) is 0 Å². The van der Waals surface area contributed by atoms with Gasteiger partial charge in [0.1, 0.15) is 12.6 Å². The molecule has 3 aliphatic rings. The third kappa shape index (κ3) is 3.96. The number of ether oxygens (including phenoxy) is 1. The molecule has 2 saturated heterocycles. The largest absolute Gasteiger partial charge is 0.460 e. The zero-order valence-electron chi connectivity index (χ0n) is 17.0. The van der Waals surface area contributed by atoms with E-state index in [-0.39, 0.29) is 37.5 Å². The van der Waals surface area contributed by atoms with Gasteiger partial charge in [0.25, 0.3) is 5.91 Å². The molecule has 10 heteroatoms. The number of sulfonamides is 1. The molecule has 164 valence electrons. The molecule has 3 fully saturated rings. The van der Waals surface area contributed by atoms with Crippen molar-refractivity contribution in [3.8, 4) is 0 Å². The number of benzene rings is 1. The van der Waals surface area contributed by atoms with Crippen LogP contribution in [-0.2, 0) is 31.0 Å². The van der Waals surface area contributed by atoms with Crippen LogP contribution in [0, 0.1) is 0 Å². The summed E-state index contributed by atoms with van der Waals surface area (Å²) in [6, 6.07) is 9.19. The van der Waals surface area contributed by atoms with Crippen molar-refractivity contribution in [3.63, 3.8) is 0 Å². The lowest BCUT2D eigenvalue weighted by Crippen LogP contribution is -2.64. The Bertz CT molecular complexity index is 904. The molecule has 3 N–H and O–H groups in total. The number of hydrazine groups is 1. The molecule has 3 atom stereocenters. The van der Waals surface area contributed by atoms with Gasteiger partial charge in [-0.15, -0.1) is 0 Å². The van der Waals surface area contributed by atoms with E-state index in [1.165, 1.54) is 0 Å². The lowest BCUT2D eigenvalue weighted by Gasteiger charge is -2.42. The van der Waals surface area contributed by atoms with Crippen LogP contribution in [0.2, 0.25) is 0 Å². The molecule has 2 aliphatic heterocycles. The zero-order valence-corrected chi connectivity index (χ0v) is 17.8. The molecule has 0 spiro atoms. The summed E-state index contributed by atoms with van der Waals surface area (Å²) in [5.41, 5.74) is 3.76.